The molecule has 8 nitrogen and oxygen atoms in total. The van der Waals surface area contributed by atoms with E-state index >= 15 is 0 Å². The summed E-state index contributed by atoms with van der Waals surface area (Å²) in [5.41, 5.74) is 1.09. The van der Waals surface area contributed by atoms with Gasteiger partial charge < -0.3 is 15.1 Å². The largest absolute Gasteiger partial charge is 0.459 e. The van der Waals surface area contributed by atoms with Crippen LogP contribution in [0.4, 0.5) is 11.4 Å². The zero-order chi connectivity index (χ0) is 19.4. The summed E-state index contributed by atoms with van der Waals surface area (Å²) in [6.45, 7) is 0.687. The van der Waals surface area contributed by atoms with E-state index in [1.165, 1.54) is 16.8 Å². The molecule has 2 amide bonds. The lowest BCUT2D eigenvalue weighted by Gasteiger charge is -2.29. The molecular formula is C18H21N3O5S. The van der Waals surface area contributed by atoms with E-state index in [9.17, 15) is 18.0 Å². The Balaban J connectivity index is 1.58. The zero-order valence-corrected chi connectivity index (χ0v) is 15.7. The average Bonchev–Trinajstić information content (AvgIpc) is 3.16. The van der Waals surface area contributed by atoms with E-state index < -0.39 is 10.0 Å². The van der Waals surface area contributed by atoms with Gasteiger partial charge in [0.1, 0.15) is 0 Å². The molecule has 27 heavy (non-hydrogen) atoms. The van der Waals surface area contributed by atoms with Crippen molar-refractivity contribution in [2.24, 2.45) is 5.92 Å². The number of sulfonamides is 1. The van der Waals surface area contributed by atoms with E-state index in [2.05, 4.69) is 10.6 Å². The number of carbonyl (C=O) groups excluding carboxylic acids is 2. The van der Waals surface area contributed by atoms with Crippen molar-refractivity contribution in [2.45, 2.75) is 12.8 Å². The number of nitrogens with one attached hydrogen (secondary N) is 2. The molecule has 2 aromatic rings. The van der Waals surface area contributed by atoms with Crippen LogP contribution in [0.5, 0.6) is 0 Å². The molecule has 1 aliphatic rings. The van der Waals surface area contributed by atoms with Gasteiger partial charge in [-0.1, -0.05) is 6.07 Å². The summed E-state index contributed by atoms with van der Waals surface area (Å²) in [7, 11) is -3.22. The fraction of sp³-hybridized carbons (Fsp3) is 0.333. The molecular weight excluding hydrogens is 370 g/mol. The number of carbonyl (C=O) groups is 2. The highest BCUT2D eigenvalue weighted by Crippen LogP contribution is 2.22. The quantitative estimate of drug-likeness (QED) is 0.812. The van der Waals surface area contributed by atoms with Crippen molar-refractivity contribution in [1.29, 1.82) is 0 Å². The number of anilines is 2. The molecule has 9 heteroatoms. The topological polar surface area (TPSA) is 109 Å². The lowest BCUT2D eigenvalue weighted by molar-refractivity contribution is -0.120. The Morgan fingerprint density at radius 1 is 1.07 bits per heavy atom. The third-order valence-corrected chi connectivity index (χ3v) is 5.73. The maximum atomic E-state index is 12.5. The Morgan fingerprint density at radius 3 is 2.33 bits per heavy atom. The predicted molar refractivity (Wildman–Crippen MR) is 101 cm³/mol. The molecule has 0 unspecified atom stereocenters. The second kappa shape index (κ2) is 7.93. The van der Waals surface area contributed by atoms with Gasteiger partial charge in [-0.05, 0) is 43.2 Å². The lowest BCUT2D eigenvalue weighted by Crippen LogP contribution is -2.40. The number of amides is 2. The van der Waals surface area contributed by atoms with Crippen LogP contribution in [0, 0.1) is 5.92 Å². The van der Waals surface area contributed by atoms with Gasteiger partial charge in [0.15, 0.2) is 5.76 Å². The van der Waals surface area contributed by atoms with Crippen LogP contribution in [-0.4, -0.2) is 43.9 Å². The number of benzene rings is 1. The zero-order valence-electron chi connectivity index (χ0n) is 14.8. The van der Waals surface area contributed by atoms with Crippen molar-refractivity contribution in [2.75, 3.05) is 30.0 Å². The number of piperidine rings is 1. The van der Waals surface area contributed by atoms with Crippen molar-refractivity contribution in [3.63, 3.8) is 0 Å². The molecule has 1 fully saturated rings. The van der Waals surface area contributed by atoms with Crippen molar-refractivity contribution in [1.82, 2.24) is 4.31 Å². The van der Waals surface area contributed by atoms with Crippen molar-refractivity contribution in [3.8, 4) is 0 Å². The normalized spacial score (nSPS) is 16.0. The number of nitrogens with zero attached hydrogens (tertiary/aromatic N) is 1. The SMILES string of the molecule is CS(=O)(=O)N1CCC(C(=O)Nc2cccc(NC(=O)c3ccco3)c2)CC1. The summed E-state index contributed by atoms with van der Waals surface area (Å²) in [5, 5.41) is 5.53. The molecule has 3 rings (SSSR count). The first-order chi connectivity index (χ1) is 12.8. The highest BCUT2D eigenvalue weighted by molar-refractivity contribution is 7.88. The molecule has 0 radical (unpaired) electrons. The van der Waals surface area contributed by atoms with E-state index in [0.29, 0.717) is 37.3 Å². The molecule has 1 aliphatic heterocycles. The van der Waals surface area contributed by atoms with Crippen molar-refractivity contribution >= 4 is 33.2 Å². The van der Waals surface area contributed by atoms with Gasteiger partial charge in [-0.25, -0.2) is 12.7 Å². The Kier molecular flexibility index (Phi) is 5.62. The van der Waals surface area contributed by atoms with Gasteiger partial charge in [0.25, 0.3) is 5.91 Å². The fourth-order valence-electron chi connectivity index (χ4n) is 2.97. The first kappa shape index (κ1) is 19.1. The van der Waals surface area contributed by atoms with E-state index in [1.807, 2.05) is 0 Å². The standard InChI is InChI=1S/C18H21N3O5S/c1-27(24,25)21-9-7-13(8-10-21)17(22)19-14-4-2-5-15(12-14)20-18(23)16-6-3-11-26-16/h2-6,11-13H,7-10H2,1H3,(H,19,22)(H,20,23). The highest BCUT2D eigenvalue weighted by Gasteiger charge is 2.28. The maximum absolute atomic E-state index is 12.5. The summed E-state index contributed by atoms with van der Waals surface area (Å²) in [5.74, 6) is -0.583. The Morgan fingerprint density at radius 2 is 1.74 bits per heavy atom. The number of hydrogen-bond donors (Lipinski definition) is 2. The number of furan rings is 1. The van der Waals surface area contributed by atoms with E-state index in [-0.39, 0.29) is 23.5 Å². The third-order valence-electron chi connectivity index (χ3n) is 4.43. The molecule has 2 heterocycles. The van der Waals surface area contributed by atoms with Crippen LogP contribution < -0.4 is 10.6 Å². The minimum atomic E-state index is -3.22. The van der Waals surface area contributed by atoms with Gasteiger partial charge in [0.2, 0.25) is 15.9 Å². The van der Waals surface area contributed by atoms with Gasteiger partial charge >= 0.3 is 0 Å². The lowest BCUT2D eigenvalue weighted by atomic mass is 9.97. The van der Waals surface area contributed by atoms with E-state index in [0.717, 1.165) is 0 Å². The maximum Gasteiger partial charge on any atom is 0.291 e. The van der Waals surface area contributed by atoms with E-state index in [4.69, 9.17) is 4.42 Å². The second-order valence-electron chi connectivity index (χ2n) is 6.44. The van der Waals surface area contributed by atoms with Crippen LogP contribution in [0.2, 0.25) is 0 Å². The van der Waals surface area contributed by atoms with Gasteiger partial charge in [-0.15, -0.1) is 0 Å². The molecule has 1 aromatic carbocycles. The van der Waals surface area contributed by atoms with Gasteiger partial charge in [0.05, 0.1) is 12.5 Å². The summed E-state index contributed by atoms with van der Waals surface area (Å²) in [6, 6.07) is 10.0. The van der Waals surface area contributed by atoms with Crippen molar-refractivity contribution < 1.29 is 22.4 Å². The molecule has 2 N–H and O–H groups in total. The number of rotatable bonds is 5. The monoisotopic (exact) mass is 391 g/mol. The highest BCUT2D eigenvalue weighted by atomic mass is 32.2. The molecule has 0 bridgehead atoms. The Hall–Kier alpha value is -2.65. The van der Waals surface area contributed by atoms with Crippen LogP contribution in [0.15, 0.2) is 47.1 Å². The molecule has 144 valence electrons. The third kappa shape index (κ3) is 4.95. The van der Waals surface area contributed by atoms with Crippen LogP contribution in [0.1, 0.15) is 23.4 Å². The summed E-state index contributed by atoms with van der Waals surface area (Å²) < 4.78 is 29.5. The van der Waals surface area contributed by atoms with Gasteiger partial charge in [-0.3, -0.25) is 9.59 Å². The molecule has 0 spiro atoms. The summed E-state index contributed by atoms with van der Waals surface area (Å²) in [6.07, 6.45) is 3.55. The Labute approximate surface area is 157 Å². The number of hydrogen-bond acceptors (Lipinski definition) is 5. The minimum absolute atomic E-state index is 0.155. The summed E-state index contributed by atoms with van der Waals surface area (Å²) >= 11 is 0. The fourth-order valence-corrected chi connectivity index (χ4v) is 3.84. The van der Waals surface area contributed by atoms with Gasteiger partial charge in [0, 0.05) is 30.4 Å². The second-order valence-corrected chi connectivity index (χ2v) is 8.42. The first-order valence-electron chi connectivity index (χ1n) is 8.54. The van der Waals surface area contributed by atoms with Gasteiger partial charge in [-0.2, -0.15) is 0 Å². The molecule has 0 aliphatic carbocycles. The Bertz CT molecular complexity index is 916. The van der Waals surface area contributed by atoms with Crippen LogP contribution >= 0.6 is 0 Å². The molecule has 1 aromatic heterocycles. The smallest absolute Gasteiger partial charge is 0.291 e. The van der Waals surface area contributed by atoms with Crippen LogP contribution in [0.25, 0.3) is 0 Å². The molecule has 0 atom stereocenters. The first-order valence-corrected chi connectivity index (χ1v) is 10.4. The molecule has 1 saturated heterocycles. The van der Waals surface area contributed by atoms with Crippen LogP contribution in [0.3, 0.4) is 0 Å². The predicted octanol–water partition coefficient (Wildman–Crippen LogP) is 2.14. The average molecular weight is 391 g/mol. The molecule has 0 saturated carbocycles. The van der Waals surface area contributed by atoms with Crippen molar-refractivity contribution in [3.05, 3.63) is 48.4 Å². The van der Waals surface area contributed by atoms with E-state index in [1.54, 1.807) is 36.4 Å². The van der Waals surface area contributed by atoms with Crippen LogP contribution in [-0.2, 0) is 14.8 Å². The summed E-state index contributed by atoms with van der Waals surface area (Å²) in [4.78, 5) is 24.5. The minimum Gasteiger partial charge on any atom is -0.459 e.